The highest BCUT2D eigenvalue weighted by molar-refractivity contribution is 5.90. The van der Waals surface area contributed by atoms with Gasteiger partial charge in [0.2, 0.25) is 0 Å². The smallest absolute Gasteiger partial charge is 0.337 e. The quantitative estimate of drug-likeness (QED) is 0.507. The number of aliphatic hydroxyl groups excluding tert-OH is 1. The minimum absolute atomic E-state index is 0.113. The van der Waals surface area contributed by atoms with Crippen LogP contribution in [0.1, 0.15) is 33.6 Å². The lowest BCUT2D eigenvalue weighted by molar-refractivity contribution is -0.303. The molecule has 6 aliphatic rings. The Morgan fingerprint density at radius 2 is 2.04 bits per heavy atom. The monoisotopic (exact) mass is 392 g/mol. The van der Waals surface area contributed by atoms with Crippen LogP contribution in [0.25, 0.3) is 0 Å². The van der Waals surface area contributed by atoms with E-state index in [4.69, 9.17) is 23.7 Å². The third kappa shape index (κ3) is 1.66. The summed E-state index contributed by atoms with van der Waals surface area (Å²) in [4.78, 5) is 25.1. The SMILES string of the molecule is COC(=O)C1=C(C)OC2(C1)C1OC1C13OC(C)(C)CC4C(OC(=O)C41)C(O)C23. The van der Waals surface area contributed by atoms with E-state index in [0.717, 1.165) is 0 Å². The molecule has 8 heteroatoms. The zero-order valence-corrected chi connectivity index (χ0v) is 16.3. The topological polar surface area (TPSA) is 104 Å². The van der Waals surface area contributed by atoms with E-state index in [2.05, 4.69) is 0 Å². The van der Waals surface area contributed by atoms with Crippen LogP contribution >= 0.6 is 0 Å². The second-order valence-electron chi connectivity index (χ2n) is 9.67. The standard InChI is InChI=1S/C20H24O8/c1-7-8(16(22)24-4)6-19(27-7)13-11(21)12-9-5-18(2,3)28-20(13,15-14(19)26-15)10(9)17(23)25-12/h9-15,21H,5-6H2,1-4H3. The molecule has 0 aromatic rings. The predicted octanol–water partition coefficient (Wildman–Crippen LogP) is 0.460. The number of allylic oxidation sites excluding steroid dienone is 1. The number of epoxide rings is 1. The van der Waals surface area contributed by atoms with Crippen molar-refractivity contribution in [2.24, 2.45) is 17.8 Å². The van der Waals surface area contributed by atoms with Gasteiger partial charge in [0.1, 0.15) is 41.4 Å². The average molecular weight is 392 g/mol. The molecule has 0 aromatic carbocycles. The molecule has 4 bridgehead atoms. The largest absolute Gasteiger partial charge is 0.488 e. The van der Waals surface area contributed by atoms with Crippen molar-refractivity contribution in [2.75, 3.05) is 7.11 Å². The first-order valence-corrected chi connectivity index (χ1v) is 9.87. The summed E-state index contributed by atoms with van der Waals surface area (Å²) < 4.78 is 29.5. The van der Waals surface area contributed by atoms with Crippen LogP contribution in [0, 0.1) is 17.8 Å². The van der Waals surface area contributed by atoms with Gasteiger partial charge >= 0.3 is 11.9 Å². The summed E-state index contributed by atoms with van der Waals surface area (Å²) in [6.07, 6.45) is -1.33. The van der Waals surface area contributed by atoms with Crippen LogP contribution in [0.4, 0.5) is 0 Å². The van der Waals surface area contributed by atoms with Gasteiger partial charge in [-0.1, -0.05) is 0 Å². The van der Waals surface area contributed by atoms with Crippen molar-refractivity contribution in [2.45, 2.75) is 74.8 Å². The molecule has 152 valence electrons. The van der Waals surface area contributed by atoms with E-state index < -0.39 is 46.8 Å². The van der Waals surface area contributed by atoms with Gasteiger partial charge in [-0.2, -0.15) is 0 Å². The van der Waals surface area contributed by atoms with Crippen LogP contribution in [-0.4, -0.2) is 65.4 Å². The highest BCUT2D eigenvalue weighted by atomic mass is 16.7. The molecule has 2 aliphatic carbocycles. The number of hydrogen-bond donors (Lipinski definition) is 1. The lowest BCUT2D eigenvalue weighted by atomic mass is 9.56. The van der Waals surface area contributed by atoms with Crippen LogP contribution in [0.15, 0.2) is 11.3 Å². The number of rotatable bonds is 1. The van der Waals surface area contributed by atoms with Gasteiger partial charge in [0.05, 0.1) is 30.1 Å². The molecular weight excluding hydrogens is 368 g/mol. The summed E-state index contributed by atoms with van der Waals surface area (Å²) in [6, 6.07) is 0. The number of methoxy groups -OCH3 is 1. The van der Waals surface area contributed by atoms with Crippen molar-refractivity contribution in [3.05, 3.63) is 11.3 Å². The molecule has 0 radical (unpaired) electrons. The molecule has 4 aliphatic heterocycles. The Bertz CT molecular complexity index is 847. The number of carbonyl (C=O) groups is 2. The Kier molecular flexibility index (Phi) is 2.92. The minimum Gasteiger partial charge on any atom is -0.488 e. The Balaban J connectivity index is 1.50. The third-order valence-corrected chi connectivity index (χ3v) is 7.78. The molecule has 4 heterocycles. The van der Waals surface area contributed by atoms with Gasteiger partial charge < -0.3 is 28.8 Å². The number of fused-ring (bicyclic) bond motifs is 3. The van der Waals surface area contributed by atoms with Crippen molar-refractivity contribution < 1.29 is 38.4 Å². The van der Waals surface area contributed by atoms with Crippen LogP contribution in [-0.2, 0) is 33.3 Å². The van der Waals surface area contributed by atoms with Gasteiger partial charge in [-0.25, -0.2) is 4.79 Å². The van der Waals surface area contributed by atoms with Crippen molar-refractivity contribution in [1.82, 2.24) is 0 Å². The minimum atomic E-state index is -1.01. The molecule has 6 rings (SSSR count). The lowest BCUT2D eigenvalue weighted by Gasteiger charge is -2.58. The first kappa shape index (κ1) is 17.2. The van der Waals surface area contributed by atoms with E-state index in [-0.39, 0.29) is 30.5 Å². The second-order valence-corrected chi connectivity index (χ2v) is 9.67. The summed E-state index contributed by atoms with van der Waals surface area (Å²) >= 11 is 0. The predicted molar refractivity (Wildman–Crippen MR) is 90.7 cm³/mol. The first-order valence-electron chi connectivity index (χ1n) is 9.87. The maximum Gasteiger partial charge on any atom is 0.337 e. The summed E-state index contributed by atoms with van der Waals surface area (Å²) in [5, 5.41) is 11.4. The molecule has 8 nitrogen and oxygen atoms in total. The van der Waals surface area contributed by atoms with E-state index >= 15 is 0 Å². The number of carbonyl (C=O) groups excluding carboxylic acids is 2. The Morgan fingerprint density at radius 3 is 2.75 bits per heavy atom. The molecular formula is C20H24O8. The van der Waals surface area contributed by atoms with Crippen molar-refractivity contribution >= 4 is 11.9 Å². The van der Waals surface area contributed by atoms with Gasteiger partial charge in [-0.05, 0) is 27.2 Å². The van der Waals surface area contributed by atoms with Gasteiger partial charge in [-0.15, -0.1) is 0 Å². The number of esters is 2. The third-order valence-electron chi connectivity index (χ3n) is 7.78. The van der Waals surface area contributed by atoms with Gasteiger partial charge in [0.25, 0.3) is 0 Å². The molecule has 5 fully saturated rings. The van der Waals surface area contributed by atoms with E-state index in [0.29, 0.717) is 17.8 Å². The molecule has 2 saturated carbocycles. The fraction of sp³-hybridized carbons (Fsp3) is 0.800. The molecule has 1 N–H and O–H groups in total. The molecule has 0 amide bonds. The summed E-state index contributed by atoms with van der Waals surface area (Å²) in [6.45, 7) is 5.73. The van der Waals surface area contributed by atoms with Crippen LogP contribution < -0.4 is 0 Å². The second kappa shape index (κ2) is 4.74. The number of aliphatic hydroxyl groups is 1. The Labute approximate surface area is 162 Å². The zero-order valence-electron chi connectivity index (χ0n) is 16.3. The summed E-state index contributed by atoms with van der Waals surface area (Å²) in [5.41, 5.74) is -2.01. The van der Waals surface area contributed by atoms with Gasteiger partial charge in [-0.3, -0.25) is 4.79 Å². The zero-order chi connectivity index (χ0) is 19.8. The Hall–Kier alpha value is -1.64. The summed E-state index contributed by atoms with van der Waals surface area (Å²) in [5.74, 6) is -1.43. The highest BCUT2D eigenvalue weighted by Crippen LogP contribution is 2.73. The van der Waals surface area contributed by atoms with E-state index in [1.165, 1.54) is 7.11 Å². The van der Waals surface area contributed by atoms with Gasteiger partial charge in [0, 0.05) is 12.3 Å². The molecule has 9 unspecified atom stereocenters. The molecule has 9 atom stereocenters. The van der Waals surface area contributed by atoms with Crippen molar-refractivity contribution in [3.63, 3.8) is 0 Å². The molecule has 0 aromatic heterocycles. The summed E-state index contributed by atoms with van der Waals surface area (Å²) in [7, 11) is 1.33. The maximum atomic E-state index is 12.8. The number of hydrogen-bond acceptors (Lipinski definition) is 8. The maximum absolute atomic E-state index is 12.8. The Morgan fingerprint density at radius 1 is 1.29 bits per heavy atom. The fourth-order valence-corrected chi connectivity index (χ4v) is 7.14. The first-order chi connectivity index (χ1) is 13.2. The van der Waals surface area contributed by atoms with Crippen LogP contribution in [0.5, 0.6) is 0 Å². The molecule has 2 spiro atoms. The van der Waals surface area contributed by atoms with Crippen molar-refractivity contribution in [1.29, 1.82) is 0 Å². The normalized spacial score (nSPS) is 54.2. The van der Waals surface area contributed by atoms with Crippen molar-refractivity contribution in [3.8, 4) is 0 Å². The highest BCUT2D eigenvalue weighted by Gasteiger charge is 2.89. The fourth-order valence-electron chi connectivity index (χ4n) is 7.14. The molecule has 28 heavy (non-hydrogen) atoms. The van der Waals surface area contributed by atoms with Gasteiger partial charge in [0.15, 0.2) is 0 Å². The van der Waals surface area contributed by atoms with E-state index in [1.54, 1.807) is 6.92 Å². The van der Waals surface area contributed by atoms with Crippen LogP contribution in [0.3, 0.4) is 0 Å². The van der Waals surface area contributed by atoms with Crippen LogP contribution in [0.2, 0.25) is 0 Å². The van der Waals surface area contributed by atoms with E-state index in [9.17, 15) is 14.7 Å². The number of ether oxygens (including phenoxy) is 5. The average Bonchev–Trinajstić information content (AvgIpc) is 3.24. The van der Waals surface area contributed by atoms with E-state index in [1.807, 2.05) is 13.8 Å². The molecule has 3 saturated heterocycles. The lowest BCUT2D eigenvalue weighted by Crippen LogP contribution is -2.71.